The number of hydrazone groups is 1. The van der Waals surface area contributed by atoms with Crippen LogP contribution in [-0.2, 0) is 21.4 Å². The number of halogens is 2. The lowest BCUT2D eigenvalue weighted by Crippen LogP contribution is -2.39. The summed E-state index contributed by atoms with van der Waals surface area (Å²) < 4.78 is 27.7. The highest BCUT2D eigenvalue weighted by molar-refractivity contribution is 7.89. The first-order valence-electron chi connectivity index (χ1n) is 9.82. The summed E-state index contributed by atoms with van der Waals surface area (Å²) in [7, 11) is -4.22. The molecule has 2 N–H and O–H groups in total. The monoisotopic (exact) mass is 519 g/mol. The Hall–Kier alpha value is -3.24. The Morgan fingerprint density at radius 1 is 1.00 bits per heavy atom. The molecule has 8 nitrogen and oxygen atoms in total. The second kappa shape index (κ2) is 11.3. The van der Waals surface area contributed by atoms with Gasteiger partial charge in [-0.05, 0) is 29.8 Å². The van der Waals surface area contributed by atoms with Crippen LogP contribution < -0.4 is 5.43 Å². The third-order valence-corrected chi connectivity index (χ3v) is 7.13. The lowest BCUT2D eigenvalue weighted by atomic mass is 10.1. The summed E-state index contributed by atoms with van der Waals surface area (Å²) >= 11 is 12.1. The number of benzene rings is 3. The zero-order valence-corrected chi connectivity index (χ0v) is 19.9. The molecule has 0 radical (unpaired) electrons. The zero-order valence-electron chi connectivity index (χ0n) is 17.6. The van der Waals surface area contributed by atoms with E-state index in [-0.39, 0.29) is 32.6 Å². The van der Waals surface area contributed by atoms with Gasteiger partial charge in [0.25, 0.3) is 5.91 Å². The van der Waals surface area contributed by atoms with Crippen molar-refractivity contribution in [3.63, 3.8) is 0 Å². The number of carboxylic acids is 1. The summed E-state index contributed by atoms with van der Waals surface area (Å²) in [5, 5.41) is 13.1. The first-order valence-corrected chi connectivity index (χ1v) is 12.0. The van der Waals surface area contributed by atoms with Crippen molar-refractivity contribution in [3.8, 4) is 0 Å². The molecule has 0 bridgehead atoms. The number of nitrogens with one attached hydrogen (secondary N) is 1. The standard InChI is InChI=1S/C23H19Cl2N3O5S/c24-18-10-11-20(25)21(12-18)34(32,33)28(14-16-6-2-1-3-7-16)15-22(29)27-26-13-17-8-4-5-9-19(17)23(30)31/h1-13H,14-15H2,(H,27,29)(H,30,31)/b26-13+. The van der Waals surface area contributed by atoms with Gasteiger partial charge in [0.05, 0.1) is 23.3 Å². The lowest BCUT2D eigenvalue weighted by Gasteiger charge is -2.22. The second-order valence-electron chi connectivity index (χ2n) is 7.02. The van der Waals surface area contributed by atoms with Crippen LogP contribution in [0.25, 0.3) is 0 Å². The number of carboxylic acid groups (broad SMARTS) is 1. The van der Waals surface area contributed by atoms with Crippen LogP contribution in [0.1, 0.15) is 21.5 Å². The predicted molar refractivity (Wildman–Crippen MR) is 130 cm³/mol. The first kappa shape index (κ1) is 25.4. The van der Waals surface area contributed by atoms with Gasteiger partial charge in [0.15, 0.2) is 0 Å². The van der Waals surface area contributed by atoms with Gasteiger partial charge in [0, 0.05) is 17.1 Å². The zero-order chi connectivity index (χ0) is 24.7. The Morgan fingerprint density at radius 3 is 2.38 bits per heavy atom. The summed E-state index contributed by atoms with van der Waals surface area (Å²) in [6, 6.07) is 18.9. The van der Waals surface area contributed by atoms with Crippen molar-refractivity contribution in [2.45, 2.75) is 11.4 Å². The molecular formula is C23H19Cl2N3O5S. The molecule has 0 spiro atoms. The average molecular weight is 520 g/mol. The van der Waals surface area contributed by atoms with E-state index in [9.17, 15) is 23.1 Å². The number of carbonyl (C=O) groups excluding carboxylic acids is 1. The number of sulfonamides is 1. The van der Waals surface area contributed by atoms with E-state index in [2.05, 4.69) is 10.5 Å². The Morgan fingerprint density at radius 2 is 1.68 bits per heavy atom. The maximum Gasteiger partial charge on any atom is 0.336 e. The van der Waals surface area contributed by atoms with Gasteiger partial charge in [-0.2, -0.15) is 9.41 Å². The van der Waals surface area contributed by atoms with Gasteiger partial charge >= 0.3 is 5.97 Å². The van der Waals surface area contributed by atoms with Crippen LogP contribution in [0, 0.1) is 0 Å². The molecule has 0 saturated carbocycles. The van der Waals surface area contributed by atoms with E-state index in [0.717, 1.165) is 4.31 Å². The molecule has 0 aromatic heterocycles. The number of aromatic carboxylic acids is 1. The number of nitrogens with zero attached hydrogens (tertiary/aromatic N) is 2. The van der Waals surface area contributed by atoms with Gasteiger partial charge in [-0.1, -0.05) is 71.7 Å². The Kier molecular flexibility index (Phi) is 8.41. The quantitative estimate of drug-likeness (QED) is 0.327. The molecule has 3 rings (SSSR count). The van der Waals surface area contributed by atoms with Crippen molar-refractivity contribution in [1.29, 1.82) is 0 Å². The van der Waals surface area contributed by atoms with E-state index < -0.39 is 28.4 Å². The van der Waals surface area contributed by atoms with Gasteiger partial charge in [-0.3, -0.25) is 4.79 Å². The van der Waals surface area contributed by atoms with Crippen LogP contribution >= 0.6 is 23.2 Å². The molecule has 0 aliphatic rings. The lowest BCUT2D eigenvalue weighted by molar-refractivity contribution is -0.121. The summed E-state index contributed by atoms with van der Waals surface area (Å²) in [5.74, 6) is -1.88. The number of carbonyl (C=O) groups is 2. The smallest absolute Gasteiger partial charge is 0.336 e. The topological polar surface area (TPSA) is 116 Å². The maximum atomic E-state index is 13.4. The maximum absolute atomic E-state index is 13.4. The Labute approximate surface area is 206 Å². The average Bonchev–Trinajstić information content (AvgIpc) is 2.81. The fourth-order valence-corrected chi connectivity index (χ4v) is 5.12. The number of rotatable bonds is 9. The molecule has 0 aliphatic carbocycles. The van der Waals surface area contributed by atoms with Crippen molar-refractivity contribution >= 4 is 51.3 Å². The molecule has 11 heteroatoms. The van der Waals surface area contributed by atoms with E-state index in [1.165, 1.54) is 36.5 Å². The summed E-state index contributed by atoms with van der Waals surface area (Å²) in [5.41, 5.74) is 3.16. The van der Waals surface area contributed by atoms with Gasteiger partial charge in [0.2, 0.25) is 10.0 Å². The molecule has 0 atom stereocenters. The minimum Gasteiger partial charge on any atom is -0.478 e. The molecule has 0 unspecified atom stereocenters. The molecule has 0 heterocycles. The SMILES string of the molecule is O=C(CN(Cc1ccccc1)S(=O)(=O)c1cc(Cl)ccc1Cl)N/N=C/c1ccccc1C(=O)O. The fraction of sp³-hybridized carbons (Fsp3) is 0.0870. The van der Waals surface area contributed by atoms with Crippen molar-refractivity contribution in [2.75, 3.05) is 6.54 Å². The third-order valence-electron chi connectivity index (χ3n) is 4.62. The molecule has 3 aromatic rings. The van der Waals surface area contributed by atoms with Crippen molar-refractivity contribution in [2.24, 2.45) is 5.10 Å². The van der Waals surface area contributed by atoms with Crippen molar-refractivity contribution in [3.05, 3.63) is 99.5 Å². The normalized spacial score (nSPS) is 11.6. The fourth-order valence-electron chi connectivity index (χ4n) is 3.00. The molecule has 0 aliphatic heterocycles. The first-order chi connectivity index (χ1) is 16.2. The molecule has 0 saturated heterocycles. The highest BCUT2D eigenvalue weighted by Crippen LogP contribution is 2.28. The minimum absolute atomic E-state index is 0.00405. The largest absolute Gasteiger partial charge is 0.478 e. The molecule has 0 fully saturated rings. The summed E-state index contributed by atoms with van der Waals surface area (Å²) in [4.78, 5) is 23.6. The van der Waals surface area contributed by atoms with Crippen molar-refractivity contribution < 1.29 is 23.1 Å². The van der Waals surface area contributed by atoms with Crippen LogP contribution in [-0.4, -0.2) is 42.5 Å². The summed E-state index contributed by atoms with van der Waals surface area (Å²) in [6.45, 7) is -0.678. The van der Waals surface area contributed by atoms with Crippen LogP contribution in [0.15, 0.2) is 82.8 Å². The number of hydrogen-bond donors (Lipinski definition) is 2. The number of hydrogen-bond acceptors (Lipinski definition) is 5. The molecular weight excluding hydrogens is 501 g/mol. The molecule has 3 aromatic carbocycles. The van der Waals surface area contributed by atoms with Crippen LogP contribution in [0.5, 0.6) is 0 Å². The summed E-state index contributed by atoms with van der Waals surface area (Å²) in [6.07, 6.45) is 1.17. The van der Waals surface area contributed by atoms with Crippen molar-refractivity contribution in [1.82, 2.24) is 9.73 Å². The second-order valence-corrected chi connectivity index (χ2v) is 9.77. The minimum atomic E-state index is -4.22. The Balaban J connectivity index is 1.84. The van der Waals surface area contributed by atoms with Gasteiger partial charge in [-0.25, -0.2) is 18.6 Å². The van der Waals surface area contributed by atoms with E-state index >= 15 is 0 Å². The van der Waals surface area contributed by atoms with Crippen LogP contribution in [0.2, 0.25) is 10.0 Å². The Bertz CT molecular complexity index is 1330. The highest BCUT2D eigenvalue weighted by atomic mass is 35.5. The predicted octanol–water partition coefficient (Wildman–Crippen LogP) is 4.03. The van der Waals surface area contributed by atoms with E-state index in [1.807, 2.05) is 0 Å². The van der Waals surface area contributed by atoms with Crippen LogP contribution in [0.3, 0.4) is 0 Å². The van der Waals surface area contributed by atoms with E-state index in [1.54, 1.807) is 42.5 Å². The van der Waals surface area contributed by atoms with Crippen LogP contribution in [0.4, 0.5) is 0 Å². The van der Waals surface area contributed by atoms with Gasteiger partial charge < -0.3 is 5.11 Å². The van der Waals surface area contributed by atoms with Gasteiger partial charge in [0.1, 0.15) is 4.90 Å². The van der Waals surface area contributed by atoms with Gasteiger partial charge in [-0.15, -0.1) is 0 Å². The molecule has 176 valence electrons. The van der Waals surface area contributed by atoms with E-state index in [0.29, 0.717) is 5.56 Å². The third kappa shape index (κ3) is 6.42. The van der Waals surface area contributed by atoms with E-state index in [4.69, 9.17) is 23.2 Å². The molecule has 1 amide bonds. The molecule has 34 heavy (non-hydrogen) atoms. The number of amides is 1. The highest BCUT2D eigenvalue weighted by Gasteiger charge is 2.29.